The van der Waals surface area contributed by atoms with Crippen molar-refractivity contribution in [3.05, 3.63) is 11.7 Å². The summed E-state index contributed by atoms with van der Waals surface area (Å²) in [5.41, 5.74) is 0.128. The lowest BCUT2D eigenvalue weighted by Crippen LogP contribution is -2.25. The van der Waals surface area contributed by atoms with Gasteiger partial charge < -0.3 is 9.84 Å². The Morgan fingerprint density at radius 3 is 2.75 bits per heavy atom. The van der Waals surface area contributed by atoms with Gasteiger partial charge >= 0.3 is 0 Å². The van der Waals surface area contributed by atoms with Gasteiger partial charge in [0.05, 0.1) is 0 Å². The first-order chi connectivity index (χ1) is 7.74. The maximum Gasteiger partial charge on any atom is 0.232 e. The van der Waals surface area contributed by atoms with Crippen LogP contribution in [0, 0.1) is 0 Å². The van der Waals surface area contributed by atoms with Crippen LogP contribution in [0.3, 0.4) is 0 Å². The second-order valence-electron chi connectivity index (χ2n) is 4.99. The summed E-state index contributed by atoms with van der Waals surface area (Å²) in [6.07, 6.45) is 7.11. The third-order valence-corrected chi connectivity index (χ3v) is 3.54. The highest BCUT2D eigenvalue weighted by atomic mass is 16.5. The molecule has 4 heteroatoms. The molecule has 1 heterocycles. The predicted octanol–water partition coefficient (Wildman–Crippen LogP) is 2.05. The molecule has 0 amide bonds. The SMILES string of the molecule is CNCCc1noc(C2(C)CCCCC2)n1. The third-order valence-electron chi connectivity index (χ3n) is 3.54. The Morgan fingerprint density at radius 2 is 2.06 bits per heavy atom. The zero-order chi connectivity index (χ0) is 11.4. The summed E-state index contributed by atoms with van der Waals surface area (Å²) in [7, 11) is 1.93. The maximum absolute atomic E-state index is 5.42. The highest BCUT2D eigenvalue weighted by molar-refractivity contribution is 5.04. The molecule has 0 aromatic carbocycles. The summed E-state index contributed by atoms with van der Waals surface area (Å²) in [4.78, 5) is 4.53. The maximum atomic E-state index is 5.42. The van der Waals surface area contributed by atoms with Gasteiger partial charge in [0, 0.05) is 18.4 Å². The van der Waals surface area contributed by atoms with Gasteiger partial charge in [-0.05, 0) is 19.9 Å². The lowest BCUT2D eigenvalue weighted by atomic mass is 9.76. The van der Waals surface area contributed by atoms with Crippen molar-refractivity contribution in [2.75, 3.05) is 13.6 Å². The molecule has 0 unspecified atom stereocenters. The summed E-state index contributed by atoms with van der Waals surface area (Å²) in [5, 5.41) is 7.14. The summed E-state index contributed by atoms with van der Waals surface area (Å²) in [6, 6.07) is 0. The van der Waals surface area contributed by atoms with Gasteiger partial charge in [-0.3, -0.25) is 0 Å². The lowest BCUT2D eigenvalue weighted by molar-refractivity contribution is 0.231. The first-order valence-corrected chi connectivity index (χ1v) is 6.22. The summed E-state index contributed by atoms with van der Waals surface area (Å²) in [6.45, 7) is 3.15. The van der Waals surface area contributed by atoms with Crippen molar-refractivity contribution >= 4 is 0 Å². The number of likely N-dealkylation sites (N-methyl/N-ethyl adjacent to an activating group) is 1. The van der Waals surface area contributed by atoms with Crippen LogP contribution in [0.25, 0.3) is 0 Å². The number of hydrogen-bond donors (Lipinski definition) is 1. The fourth-order valence-electron chi connectivity index (χ4n) is 2.38. The molecular weight excluding hydrogens is 202 g/mol. The highest BCUT2D eigenvalue weighted by Crippen LogP contribution is 2.37. The Labute approximate surface area is 96.8 Å². The van der Waals surface area contributed by atoms with Gasteiger partial charge in [-0.1, -0.05) is 31.3 Å². The van der Waals surface area contributed by atoms with Gasteiger partial charge in [-0.15, -0.1) is 0 Å². The molecule has 0 saturated heterocycles. The van der Waals surface area contributed by atoms with E-state index in [1.54, 1.807) is 0 Å². The average molecular weight is 223 g/mol. The van der Waals surface area contributed by atoms with Crippen LogP contribution in [-0.2, 0) is 11.8 Å². The predicted molar refractivity (Wildman–Crippen MR) is 62.4 cm³/mol. The molecule has 4 nitrogen and oxygen atoms in total. The van der Waals surface area contributed by atoms with Gasteiger partial charge in [-0.25, -0.2) is 0 Å². The quantitative estimate of drug-likeness (QED) is 0.848. The van der Waals surface area contributed by atoms with Crippen LogP contribution in [0.4, 0.5) is 0 Å². The van der Waals surface area contributed by atoms with Crippen molar-refractivity contribution in [3.63, 3.8) is 0 Å². The Hall–Kier alpha value is -0.900. The molecule has 0 spiro atoms. The van der Waals surface area contributed by atoms with Crippen molar-refractivity contribution in [2.24, 2.45) is 0 Å². The molecule has 0 bridgehead atoms. The first-order valence-electron chi connectivity index (χ1n) is 6.22. The molecule has 1 fully saturated rings. The topological polar surface area (TPSA) is 51.0 Å². The van der Waals surface area contributed by atoms with Crippen molar-refractivity contribution in [1.29, 1.82) is 0 Å². The number of hydrogen-bond acceptors (Lipinski definition) is 4. The minimum atomic E-state index is 0.128. The monoisotopic (exact) mass is 223 g/mol. The van der Waals surface area contributed by atoms with Crippen LogP contribution in [0.15, 0.2) is 4.52 Å². The molecule has 0 radical (unpaired) electrons. The standard InChI is InChI=1S/C12H21N3O/c1-12(7-4-3-5-8-12)11-14-10(15-16-11)6-9-13-2/h13H,3-9H2,1-2H3. The smallest absolute Gasteiger partial charge is 0.232 e. The molecule has 0 atom stereocenters. The van der Waals surface area contributed by atoms with E-state index in [1.807, 2.05) is 7.05 Å². The number of rotatable bonds is 4. The van der Waals surface area contributed by atoms with E-state index in [0.717, 1.165) is 24.7 Å². The number of nitrogens with zero attached hydrogens (tertiary/aromatic N) is 2. The van der Waals surface area contributed by atoms with Crippen molar-refractivity contribution in [2.45, 2.75) is 50.9 Å². The molecule has 1 aromatic heterocycles. The van der Waals surface area contributed by atoms with Gasteiger partial charge in [0.25, 0.3) is 0 Å². The fraction of sp³-hybridized carbons (Fsp3) is 0.833. The normalized spacial score (nSPS) is 19.9. The van der Waals surface area contributed by atoms with E-state index in [-0.39, 0.29) is 5.41 Å². The third kappa shape index (κ3) is 2.43. The zero-order valence-corrected chi connectivity index (χ0v) is 10.3. The molecule has 1 aliphatic carbocycles. The van der Waals surface area contributed by atoms with Crippen LogP contribution in [0.2, 0.25) is 0 Å². The molecule has 1 aliphatic rings. The van der Waals surface area contributed by atoms with E-state index < -0.39 is 0 Å². The molecule has 0 aliphatic heterocycles. The van der Waals surface area contributed by atoms with E-state index in [4.69, 9.17) is 4.52 Å². The molecule has 1 saturated carbocycles. The van der Waals surface area contributed by atoms with Crippen LogP contribution in [0.1, 0.15) is 50.7 Å². The first kappa shape index (κ1) is 11.6. The summed E-state index contributed by atoms with van der Waals surface area (Å²) in [5.74, 6) is 1.68. The molecule has 1 aromatic rings. The average Bonchev–Trinajstić information content (AvgIpc) is 2.77. The Morgan fingerprint density at radius 1 is 1.31 bits per heavy atom. The van der Waals surface area contributed by atoms with E-state index in [0.29, 0.717) is 0 Å². The van der Waals surface area contributed by atoms with Gasteiger partial charge in [0.1, 0.15) is 0 Å². The minimum absolute atomic E-state index is 0.128. The zero-order valence-electron chi connectivity index (χ0n) is 10.3. The van der Waals surface area contributed by atoms with Gasteiger partial charge in [-0.2, -0.15) is 4.98 Å². The molecule has 2 rings (SSSR count). The Bertz CT molecular complexity index is 329. The summed E-state index contributed by atoms with van der Waals surface area (Å²) < 4.78 is 5.42. The van der Waals surface area contributed by atoms with Gasteiger partial charge in [0.2, 0.25) is 5.89 Å². The minimum Gasteiger partial charge on any atom is -0.339 e. The largest absolute Gasteiger partial charge is 0.339 e. The highest BCUT2D eigenvalue weighted by Gasteiger charge is 2.34. The van der Waals surface area contributed by atoms with Crippen LogP contribution in [0.5, 0.6) is 0 Å². The second-order valence-corrected chi connectivity index (χ2v) is 4.99. The summed E-state index contributed by atoms with van der Waals surface area (Å²) >= 11 is 0. The van der Waals surface area contributed by atoms with Crippen molar-refractivity contribution in [1.82, 2.24) is 15.5 Å². The van der Waals surface area contributed by atoms with E-state index in [1.165, 1.54) is 32.1 Å². The second kappa shape index (κ2) is 4.95. The number of aromatic nitrogens is 2. The lowest BCUT2D eigenvalue weighted by Gasteiger charge is -2.29. The molecule has 90 valence electrons. The van der Waals surface area contributed by atoms with Crippen LogP contribution in [-0.4, -0.2) is 23.7 Å². The number of nitrogens with one attached hydrogen (secondary N) is 1. The van der Waals surface area contributed by atoms with E-state index in [2.05, 4.69) is 22.4 Å². The van der Waals surface area contributed by atoms with Crippen molar-refractivity contribution in [3.8, 4) is 0 Å². The van der Waals surface area contributed by atoms with Crippen molar-refractivity contribution < 1.29 is 4.52 Å². The molecule has 16 heavy (non-hydrogen) atoms. The molecular formula is C12H21N3O. The van der Waals surface area contributed by atoms with Crippen LogP contribution >= 0.6 is 0 Å². The van der Waals surface area contributed by atoms with E-state index >= 15 is 0 Å². The Kier molecular flexibility index (Phi) is 3.59. The molecule has 1 N–H and O–H groups in total. The van der Waals surface area contributed by atoms with Crippen LogP contribution < -0.4 is 5.32 Å². The van der Waals surface area contributed by atoms with Gasteiger partial charge in [0.15, 0.2) is 5.82 Å². The fourth-order valence-corrected chi connectivity index (χ4v) is 2.38. The Balaban J connectivity index is 2.05. The van der Waals surface area contributed by atoms with E-state index in [9.17, 15) is 0 Å².